The van der Waals surface area contributed by atoms with E-state index in [0.717, 1.165) is 10.6 Å². The Hall–Kier alpha value is -1.95. The Morgan fingerprint density at radius 3 is 2.91 bits per heavy atom. The molecule has 118 valence electrons. The number of carbonyl (C=O) groups is 1. The Kier molecular flexibility index (Phi) is 5.49. The topological polar surface area (TPSA) is 45.2 Å². The third kappa shape index (κ3) is 4.27. The van der Waals surface area contributed by atoms with Gasteiger partial charge < -0.3 is 10.2 Å². The summed E-state index contributed by atoms with van der Waals surface area (Å²) in [5, 5.41) is 5.74. The van der Waals surface area contributed by atoms with Crippen LogP contribution in [0.25, 0.3) is 0 Å². The van der Waals surface area contributed by atoms with Crippen LogP contribution in [-0.2, 0) is 6.54 Å². The molecule has 0 unspecified atom stereocenters. The lowest BCUT2D eigenvalue weighted by Gasteiger charge is -2.21. The Morgan fingerprint density at radius 2 is 2.27 bits per heavy atom. The van der Waals surface area contributed by atoms with Gasteiger partial charge in [-0.25, -0.2) is 14.2 Å². The molecule has 6 heteroatoms. The number of hydrogen-bond donors (Lipinski definition) is 1. The minimum Gasteiger partial charge on any atom is -0.334 e. The molecular formula is C16H20FN3OS. The number of benzene rings is 1. The first-order valence-electron chi connectivity index (χ1n) is 7.10. The number of hydrogen-bond acceptors (Lipinski definition) is 3. The molecule has 0 fully saturated rings. The molecule has 0 bridgehead atoms. The molecule has 2 aromatic rings. The number of nitrogens with zero attached hydrogens (tertiary/aromatic N) is 2. The molecule has 0 radical (unpaired) electrons. The zero-order valence-electron chi connectivity index (χ0n) is 13.0. The number of amides is 2. The highest BCUT2D eigenvalue weighted by Crippen LogP contribution is 2.18. The van der Waals surface area contributed by atoms with Gasteiger partial charge in [0.2, 0.25) is 0 Å². The van der Waals surface area contributed by atoms with Crippen molar-refractivity contribution in [1.29, 1.82) is 0 Å². The SMILES string of the molecule is Cc1ccc(CNC(=O)N(C)C[C@@H](C)c2nccs2)cc1F. The van der Waals surface area contributed by atoms with Crippen molar-refractivity contribution >= 4 is 17.4 Å². The predicted molar refractivity (Wildman–Crippen MR) is 86.5 cm³/mol. The van der Waals surface area contributed by atoms with Crippen molar-refractivity contribution in [3.8, 4) is 0 Å². The van der Waals surface area contributed by atoms with Crippen molar-refractivity contribution in [1.82, 2.24) is 15.2 Å². The lowest BCUT2D eigenvalue weighted by atomic mass is 10.1. The van der Waals surface area contributed by atoms with E-state index >= 15 is 0 Å². The molecule has 1 aromatic carbocycles. The van der Waals surface area contributed by atoms with Crippen LogP contribution < -0.4 is 5.32 Å². The van der Waals surface area contributed by atoms with Crippen LogP contribution in [0, 0.1) is 12.7 Å². The van der Waals surface area contributed by atoms with Gasteiger partial charge in [0, 0.05) is 37.6 Å². The van der Waals surface area contributed by atoms with E-state index in [1.54, 1.807) is 42.5 Å². The maximum atomic E-state index is 13.5. The highest BCUT2D eigenvalue weighted by Gasteiger charge is 2.15. The largest absolute Gasteiger partial charge is 0.334 e. The summed E-state index contributed by atoms with van der Waals surface area (Å²) >= 11 is 1.59. The third-order valence-electron chi connectivity index (χ3n) is 3.45. The van der Waals surface area contributed by atoms with Crippen molar-refractivity contribution in [3.05, 3.63) is 51.7 Å². The normalized spacial score (nSPS) is 12.0. The van der Waals surface area contributed by atoms with E-state index < -0.39 is 0 Å². The van der Waals surface area contributed by atoms with E-state index in [0.29, 0.717) is 18.7 Å². The summed E-state index contributed by atoms with van der Waals surface area (Å²) in [6.45, 7) is 4.65. The van der Waals surface area contributed by atoms with Crippen LogP contribution in [0.2, 0.25) is 0 Å². The van der Waals surface area contributed by atoms with Gasteiger partial charge >= 0.3 is 6.03 Å². The van der Waals surface area contributed by atoms with Crippen LogP contribution >= 0.6 is 11.3 Å². The fourth-order valence-electron chi connectivity index (χ4n) is 2.11. The number of aryl methyl sites for hydroxylation is 1. The summed E-state index contributed by atoms with van der Waals surface area (Å²) in [4.78, 5) is 18.0. The fraction of sp³-hybridized carbons (Fsp3) is 0.375. The van der Waals surface area contributed by atoms with E-state index in [1.807, 2.05) is 18.4 Å². The average Bonchev–Trinajstić information content (AvgIpc) is 3.02. The minimum atomic E-state index is -0.252. The van der Waals surface area contributed by atoms with Crippen molar-refractivity contribution in [2.45, 2.75) is 26.3 Å². The van der Waals surface area contributed by atoms with Gasteiger partial charge in [0.1, 0.15) is 5.82 Å². The summed E-state index contributed by atoms with van der Waals surface area (Å²) < 4.78 is 13.5. The van der Waals surface area contributed by atoms with E-state index in [2.05, 4.69) is 10.3 Å². The number of nitrogens with one attached hydrogen (secondary N) is 1. The summed E-state index contributed by atoms with van der Waals surface area (Å²) in [5.41, 5.74) is 1.35. The van der Waals surface area contributed by atoms with Gasteiger partial charge in [0.05, 0.1) is 5.01 Å². The van der Waals surface area contributed by atoms with Gasteiger partial charge in [-0.15, -0.1) is 11.3 Å². The molecule has 1 heterocycles. The molecule has 1 N–H and O–H groups in total. The Balaban J connectivity index is 1.84. The maximum Gasteiger partial charge on any atom is 0.317 e. The molecule has 2 amide bonds. The second kappa shape index (κ2) is 7.35. The molecule has 22 heavy (non-hydrogen) atoms. The molecule has 0 aliphatic heterocycles. The quantitative estimate of drug-likeness (QED) is 0.915. The van der Waals surface area contributed by atoms with Gasteiger partial charge in [-0.2, -0.15) is 0 Å². The van der Waals surface area contributed by atoms with Crippen LogP contribution in [0.1, 0.15) is 29.0 Å². The monoisotopic (exact) mass is 321 g/mol. The highest BCUT2D eigenvalue weighted by molar-refractivity contribution is 7.09. The third-order valence-corrected chi connectivity index (χ3v) is 4.45. The molecule has 0 aliphatic rings. The second-order valence-electron chi connectivity index (χ2n) is 5.39. The van der Waals surface area contributed by atoms with E-state index in [1.165, 1.54) is 6.07 Å². The van der Waals surface area contributed by atoms with E-state index in [4.69, 9.17) is 0 Å². The number of rotatable bonds is 5. The zero-order chi connectivity index (χ0) is 16.1. The number of thiazole rings is 1. The standard InChI is InChI=1S/C16H20FN3OS/c1-11-4-5-13(8-14(11)17)9-19-16(21)20(3)10-12(2)15-18-6-7-22-15/h4-8,12H,9-10H2,1-3H3,(H,19,21)/t12-/m1/s1. The average molecular weight is 321 g/mol. The van der Waals surface area contributed by atoms with Gasteiger partial charge in [-0.3, -0.25) is 0 Å². The van der Waals surface area contributed by atoms with Crippen molar-refractivity contribution in [3.63, 3.8) is 0 Å². The number of likely N-dealkylation sites (N-methyl/N-ethyl adjacent to an activating group) is 1. The number of aromatic nitrogens is 1. The molecule has 4 nitrogen and oxygen atoms in total. The maximum absolute atomic E-state index is 13.5. The lowest BCUT2D eigenvalue weighted by molar-refractivity contribution is 0.206. The molecule has 2 rings (SSSR count). The van der Waals surface area contributed by atoms with E-state index in [9.17, 15) is 9.18 Å². The molecule has 1 aromatic heterocycles. The first-order chi connectivity index (χ1) is 10.5. The molecule has 0 aliphatic carbocycles. The van der Waals surface area contributed by atoms with Crippen molar-refractivity contribution < 1.29 is 9.18 Å². The van der Waals surface area contributed by atoms with Crippen LogP contribution in [0.15, 0.2) is 29.8 Å². The summed E-state index contributed by atoms with van der Waals surface area (Å²) in [6.07, 6.45) is 1.77. The second-order valence-corrected chi connectivity index (χ2v) is 6.32. The molecule has 0 saturated carbocycles. The van der Waals surface area contributed by atoms with Gasteiger partial charge in [0.25, 0.3) is 0 Å². The minimum absolute atomic E-state index is 0.176. The van der Waals surface area contributed by atoms with Crippen molar-refractivity contribution in [2.75, 3.05) is 13.6 Å². The first-order valence-corrected chi connectivity index (χ1v) is 7.98. The van der Waals surface area contributed by atoms with Gasteiger partial charge in [-0.05, 0) is 24.1 Å². The number of carbonyl (C=O) groups excluding carboxylic acids is 1. The number of halogens is 1. The molecule has 0 saturated heterocycles. The number of urea groups is 1. The molecule has 0 spiro atoms. The van der Waals surface area contributed by atoms with Crippen LogP contribution in [0.3, 0.4) is 0 Å². The first kappa shape index (κ1) is 16.4. The Bertz CT molecular complexity index is 630. The fourth-order valence-corrected chi connectivity index (χ4v) is 2.80. The van der Waals surface area contributed by atoms with Crippen LogP contribution in [0.4, 0.5) is 9.18 Å². The lowest BCUT2D eigenvalue weighted by Crippen LogP contribution is -2.38. The van der Waals surface area contributed by atoms with E-state index in [-0.39, 0.29) is 17.8 Å². The van der Waals surface area contributed by atoms with Gasteiger partial charge in [0.15, 0.2) is 0 Å². The smallest absolute Gasteiger partial charge is 0.317 e. The zero-order valence-corrected chi connectivity index (χ0v) is 13.8. The van der Waals surface area contributed by atoms with Crippen molar-refractivity contribution in [2.24, 2.45) is 0 Å². The summed E-state index contributed by atoms with van der Waals surface area (Å²) in [6, 6.07) is 4.81. The Labute approximate surface area is 134 Å². The highest BCUT2D eigenvalue weighted by atomic mass is 32.1. The molecular weight excluding hydrogens is 301 g/mol. The van der Waals surface area contributed by atoms with Crippen LogP contribution in [-0.4, -0.2) is 29.5 Å². The Morgan fingerprint density at radius 1 is 1.50 bits per heavy atom. The predicted octanol–water partition coefficient (Wildman–Crippen LogP) is 3.54. The van der Waals surface area contributed by atoms with Crippen LogP contribution in [0.5, 0.6) is 0 Å². The molecule has 1 atom stereocenters. The summed E-state index contributed by atoms with van der Waals surface area (Å²) in [7, 11) is 1.75. The van der Waals surface area contributed by atoms with Gasteiger partial charge in [-0.1, -0.05) is 19.1 Å². The summed E-state index contributed by atoms with van der Waals surface area (Å²) in [5.74, 6) is -0.0648.